The Hall–Kier alpha value is -2.63. The summed E-state index contributed by atoms with van der Waals surface area (Å²) >= 11 is 0. The molecule has 35 heavy (non-hydrogen) atoms. The molecule has 1 saturated heterocycles. The van der Waals surface area contributed by atoms with Crippen molar-refractivity contribution < 1.29 is 9.53 Å². The van der Waals surface area contributed by atoms with Crippen molar-refractivity contribution in [1.82, 2.24) is 14.8 Å². The second kappa shape index (κ2) is 11.9. The number of rotatable bonds is 9. The summed E-state index contributed by atoms with van der Waals surface area (Å²) < 4.78 is 7.82. The summed E-state index contributed by atoms with van der Waals surface area (Å²) in [4.78, 5) is 15.6. The summed E-state index contributed by atoms with van der Waals surface area (Å²) in [6.45, 7) is 5.98. The molecular formula is C30H39N3O2. The number of morpholine rings is 1. The molecule has 1 N–H and O–H groups in total. The minimum atomic E-state index is 0.189. The Kier molecular flexibility index (Phi) is 8.17. The SMILES string of the molecule is O=C(CC(c1cn(Cc2ccccc2)c2ccccc12)C1CCCCC1)NCCN1CCOCC1. The van der Waals surface area contributed by atoms with Gasteiger partial charge in [0.15, 0.2) is 0 Å². The van der Waals surface area contributed by atoms with E-state index >= 15 is 0 Å². The van der Waals surface area contributed by atoms with Gasteiger partial charge >= 0.3 is 0 Å². The van der Waals surface area contributed by atoms with Gasteiger partial charge in [-0.15, -0.1) is 0 Å². The van der Waals surface area contributed by atoms with Crippen molar-refractivity contribution in [3.05, 3.63) is 71.9 Å². The van der Waals surface area contributed by atoms with Crippen LogP contribution in [0.25, 0.3) is 10.9 Å². The number of amides is 1. The van der Waals surface area contributed by atoms with Gasteiger partial charge in [0.2, 0.25) is 5.91 Å². The molecule has 2 heterocycles. The molecule has 1 atom stereocenters. The van der Waals surface area contributed by atoms with E-state index in [9.17, 15) is 4.79 Å². The van der Waals surface area contributed by atoms with Crippen LogP contribution in [0, 0.1) is 5.92 Å². The highest BCUT2D eigenvalue weighted by Crippen LogP contribution is 2.41. The van der Waals surface area contributed by atoms with Crippen molar-refractivity contribution in [2.24, 2.45) is 5.92 Å². The Morgan fingerprint density at radius 3 is 2.51 bits per heavy atom. The average molecular weight is 474 g/mol. The van der Waals surface area contributed by atoms with Crippen molar-refractivity contribution in [3.8, 4) is 0 Å². The maximum atomic E-state index is 13.2. The number of nitrogens with one attached hydrogen (secondary N) is 1. The first-order valence-electron chi connectivity index (χ1n) is 13.5. The maximum absolute atomic E-state index is 13.2. The third-order valence-electron chi connectivity index (χ3n) is 7.89. The average Bonchev–Trinajstić information content (AvgIpc) is 3.27. The summed E-state index contributed by atoms with van der Waals surface area (Å²) in [5.41, 5.74) is 3.92. The molecule has 0 radical (unpaired) electrons. The number of hydrogen-bond donors (Lipinski definition) is 1. The van der Waals surface area contributed by atoms with Crippen LogP contribution in [0.1, 0.15) is 55.6 Å². The van der Waals surface area contributed by atoms with Gasteiger partial charge in [0.25, 0.3) is 0 Å². The minimum Gasteiger partial charge on any atom is -0.379 e. The summed E-state index contributed by atoms with van der Waals surface area (Å²) in [5, 5.41) is 4.54. The highest BCUT2D eigenvalue weighted by molar-refractivity contribution is 5.86. The van der Waals surface area contributed by atoms with Crippen LogP contribution >= 0.6 is 0 Å². The molecule has 2 aromatic carbocycles. The molecule has 1 saturated carbocycles. The van der Waals surface area contributed by atoms with Gasteiger partial charge in [-0.3, -0.25) is 9.69 Å². The molecule has 1 aromatic heterocycles. The molecule has 1 unspecified atom stereocenters. The first kappa shape index (κ1) is 24.1. The van der Waals surface area contributed by atoms with Crippen molar-refractivity contribution in [2.75, 3.05) is 39.4 Å². The van der Waals surface area contributed by atoms with Crippen LogP contribution in [-0.2, 0) is 16.1 Å². The molecule has 5 heteroatoms. The van der Waals surface area contributed by atoms with Gasteiger partial charge in [0.1, 0.15) is 0 Å². The molecule has 186 valence electrons. The fourth-order valence-corrected chi connectivity index (χ4v) is 6.00. The Morgan fingerprint density at radius 1 is 0.971 bits per heavy atom. The number of fused-ring (bicyclic) bond motifs is 1. The summed E-state index contributed by atoms with van der Waals surface area (Å²) in [6, 6.07) is 19.4. The zero-order valence-electron chi connectivity index (χ0n) is 20.8. The topological polar surface area (TPSA) is 46.5 Å². The Bertz CT molecular complexity index is 1080. The lowest BCUT2D eigenvalue weighted by molar-refractivity contribution is -0.121. The van der Waals surface area contributed by atoms with E-state index in [2.05, 4.69) is 75.6 Å². The number of aromatic nitrogens is 1. The van der Waals surface area contributed by atoms with Crippen LogP contribution < -0.4 is 5.32 Å². The summed E-state index contributed by atoms with van der Waals surface area (Å²) in [6.07, 6.45) is 9.26. The van der Waals surface area contributed by atoms with E-state index < -0.39 is 0 Å². The van der Waals surface area contributed by atoms with Gasteiger partial charge in [0, 0.05) is 56.2 Å². The van der Waals surface area contributed by atoms with Crippen LogP contribution in [0.3, 0.4) is 0 Å². The van der Waals surface area contributed by atoms with Gasteiger partial charge in [-0.05, 0) is 41.9 Å². The number of ether oxygens (including phenoxy) is 1. The number of para-hydroxylation sites is 1. The second-order valence-corrected chi connectivity index (χ2v) is 10.2. The smallest absolute Gasteiger partial charge is 0.220 e. The zero-order chi connectivity index (χ0) is 23.9. The predicted molar refractivity (Wildman–Crippen MR) is 142 cm³/mol. The Morgan fingerprint density at radius 2 is 1.71 bits per heavy atom. The first-order chi connectivity index (χ1) is 17.3. The third-order valence-corrected chi connectivity index (χ3v) is 7.89. The van der Waals surface area contributed by atoms with Crippen molar-refractivity contribution in [3.63, 3.8) is 0 Å². The zero-order valence-corrected chi connectivity index (χ0v) is 20.8. The monoisotopic (exact) mass is 473 g/mol. The van der Waals surface area contributed by atoms with E-state index in [1.165, 1.54) is 54.1 Å². The van der Waals surface area contributed by atoms with Crippen LogP contribution in [0.4, 0.5) is 0 Å². The number of nitrogens with zero attached hydrogens (tertiary/aromatic N) is 2. The molecule has 5 nitrogen and oxygen atoms in total. The van der Waals surface area contributed by atoms with Gasteiger partial charge in [-0.1, -0.05) is 67.8 Å². The standard InChI is InChI=1S/C30H39N3O2/c34-30(31-15-16-32-17-19-35-20-18-32)21-27(25-11-5-2-6-12-25)28-23-33(22-24-9-3-1-4-10-24)29-14-8-7-13-26(28)29/h1,3-4,7-10,13-14,23,25,27H,2,5-6,11-12,15-22H2,(H,31,34). The predicted octanol–water partition coefficient (Wildman–Crippen LogP) is 5.19. The van der Waals surface area contributed by atoms with E-state index in [0.29, 0.717) is 18.9 Å². The number of carbonyl (C=O) groups excluding carboxylic acids is 1. The normalized spacial score (nSPS) is 18.5. The van der Waals surface area contributed by atoms with E-state index in [-0.39, 0.29) is 11.8 Å². The van der Waals surface area contributed by atoms with E-state index in [1.54, 1.807) is 0 Å². The van der Waals surface area contributed by atoms with Gasteiger partial charge < -0.3 is 14.6 Å². The van der Waals surface area contributed by atoms with Crippen LogP contribution in [0.5, 0.6) is 0 Å². The molecule has 1 aliphatic heterocycles. The largest absolute Gasteiger partial charge is 0.379 e. The van der Waals surface area contributed by atoms with Crippen molar-refractivity contribution in [2.45, 2.75) is 51.0 Å². The van der Waals surface area contributed by atoms with Crippen LogP contribution in [-0.4, -0.2) is 54.8 Å². The number of benzene rings is 2. The van der Waals surface area contributed by atoms with E-state index in [0.717, 1.165) is 39.4 Å². The molecule has 0 bridgehead atoms. The Balaban J connectivity index is 1.35. The van der Waals surface area contributed by atoms with Crippen LogP contribution in [0.2, 0.25) is 0 Å². The van der Waals surface area contributed by atoms with Gasteiger partial charge in [0.05, 0.1) is 13.2 Å². The van der Waals surface area contributed by atoms with Crippen molar-refractivity contribution >= 4 is 16.8 Å². The van der Waals surface area contributed by atoms with Gasteiger partial charge in [-0.25, -0.2) is 0 Å². The molecule has 2 aliphatic rings. The summed E-state index contributed by atoms with van der Waals surface area (Å²) in [5.74, 6) is 1.03. The molecule has 1 amide bonds. The second-order valence-electron chi connectivity index (χ2n) is 10.2. The first-order valence-corrected chi connectivity index (χ1v) is 13.5. The highest BCUT2D eigenvalue weighted by atomic mass is 16.5. The molecule has 2 fully saturated rings. The van der Waals surface area contributed by atoms with E-state index in [4.69, 9.17) is 4.74 Å². The number of carbonyl (C=O) groups is 1. The maximum Gasteiger partial charge on any atom is 0.220 e. The molecule has 3 aromatic rings. The minimum absolute atomic E-state index is 0.189. The van der Waals surface area contributed by atoms with Crippen LogP contribution in [0.15, 0.2) is 60.8 Å². The molecule has 5 rings (SSSR count). The lowest BCUT2D eigenvalue weighted by Gasteiger charge is -2.30. The number of hydrogen-bond acceptors (Lipinski definition) is 3. The third kappa shape index (κ3) is 6.14. The van der Waals surface area contributed by atoms with Crippen molar-refractivity contribution in [1.29, 1.82) is 0 Å². The van der Waals surface area contributed by atoms with Gasteiger partial charge in [-0.2, -0.15) is 0 Å². The highest BCUT2D eigenvalue weighted by Gasteiger charge is 2.29. The summed E-state index contributed by atoms with van der Waals surface area (Å²) in [7, 11) is 0. The lowest BCUT2D eigenvalue weighted by Crippen LogP contribution is -2.41. The molecule has 1 aliphatic carbocycles. The molecular weight excluding hydrogens is 434 g/mol. The fraction of sp³-hybridized carbons (Fsp3) is 0.500. The van der Waals surface area contributed by atoms with E-state index in [1.807, 2.05) is 0 Å². The fourth-order valence-electron chi connectivity index (χ4n) is 6.00. The molecule has 0 spiro atoms. The lowest BCUT2D eigenvalue weighted by atomic mass is 9.75. The Labute approximate surface area is 209 Å². The quantitative estimate of drug-likeness (QED) is 0.465.